The van der Waals surface area contributed by atoms with Crippen LogP contribution in [0.2, 0.25) is 0 Å². The largest absolute Gasteiger partial charge is 0.494 e. The van der Waals surface area contributed by atoms with E-state index in [1.807, 2.05) is 31.2 Å². The van der Waals surface area contributed by atoms with Gasteiger partial charge in [-0.1, -0.05) is 0 Å². The number of ether oxygens (including phenoxy) is 1. The molecule has 2 aromatic heterocycles. The molecule has 0 bridgehead atoms. The van der Waals surface area contributed by atoms with Crippen molar-refractivity contribution in [2.24, 2.45) is 0 Å². The van der Waals surface area contributed by atoms with Crippen LogP contribution < -0.4 is 10.5 Å². The molecule has 5 nitrogen and oxygen atoms in total. The smallest absolute Gasteiger partial charge is 0.172 e. The highest BCUT2D eigenvalue weighted by Crippen LogP contribution is 2.31. The fraction of sp³-hybridized carbons (Fsp3) is 0.143. The summed E-state index contributed by atoms with van der Waals surface area (Å²) < 4.78 is 6.34. The maximum Gasteiger partial charge on any atom is 0.172 e. The molecule has 0 amide bonds. The summed E-state index contributed by atoms with van der Waals surface area (Å²) in [6, 6.07) is 7.60. The van der Waals surface area contributed by atoms with Crippen LogP contribution in [0.25, 0.3) is 11.0 Å². The number of nitrogen functional groups attached to an aromatic ring is 1. The average Bonchev–Trinajstić information content (AvgIpc) is 2.84. The van der Waals surface area contributed by atoms with Gasteiger partial charge in [0.25, 0.3) is 0 Å². The van der Waals surface area contributed by atoms with Gasteiger partial charge in [0, 0.05) is 16.7 Å². The molecule has 0 aliphatic heterocycles. The van der Waals surface area contributed by atoms with Crippen molar-refractivity contribution >= 4 is 44.4 Å². The predicted molar refractivity (Wildman–Crippen MR) is 87.7 cm³/mol. The van der Waals surface area contributed by atoms with Crippen LogP contribution in [0.1, 0.15) is 6.92 Å². The number of aromatic nitrogens is 3. The highest BCUT2D eigenvalue weighted by molar-refractivity contribution is 9.10. The molecule has 2 heterocycles. The van der Waals surface area contributed by atoms with Gasteiger partial charge in [-0.3, -0.25) is 0 Å². The number of benzene rings is 1. The Morgan fingerprint density at radius 1 is 1.38 bits per heavy atom. The van der Waals surface area contributed by atoms with Gasteiger partial charge >= 0.3 is 0 Å². The van der Waals surface area contributed by atoms with Crippen LogP contribution in [-0.2, 0) is 0 Å². The molecule has 3 rings (SSSR count). The number of imidazole rings is 1. The molecule has 3 N–H and O–H groups in total. The van der Waals surface area contributed by atoms with Crippen molar-refractivity contribution in [3.63, 3.8) is 0 Å². The number of rotatable bonds is 4. The molecule has 0 spiro atoms. The minimum atomic E-state index is 0.616. The van der Waals surface area contributed by atoms with E-state index in [2.05, 4.69) is 30.9 Å². The Bertz CT molecular complexity index is 790. The number of nitrogens with one attached hydrogen (secondary N) is 1. The van der Waals surface area contributed by atoms with Gasteiger partial charge in [0.1, 0.15) is 10.8 Å². The Kier molecular flexibility index (Phi) is 4.03. The van der Waals surface area contributed by atoms with Crippen LogP contribution in [0.4, 0.5) is 5.69 Å². The first kappa shape index (κ1) is 14.2. The minimum Gasteiger partial charge on any atom is -0.494 e. The van der Waals surface area contributed by atoms with E-state index in [9.17, 15) is 0 Å². The zero-order valence-corrected chi connectivity index (χ0v) is 13.7. The summed E-state index contributed by atoms with van der Waals surface area (Å²) in [6.07, 6.45) is 1.72. The van der Waals surface area contributed by atoms with E-state index >= 15 is 0 Å². The van der Waals surface area contributed by atoms with Crippen LogP contribution in [0.3, 0.4) is 0 Å². The van der Waals surface area contributed by atoms with Gasteiger partial charge in [-0.2, -0.15) is 0 Å². The number of fused-ring (bicyclic) bond motifs is 1. The Hall–Kier alpha value is -1.73. The second-order valence-electron chi connectivity index (χ2n) is 4.30. The summed E-state index contributed by atoms with van der Waals surface area (Å²) in [6.45, 7) is 2.60. The first-order valence-corrected chi connectivity index (χ1v) is 7.98. The second-order valence-corrected chi connectivity index (χ2v) is 6.20. The van der Waals surface area contributed by atoms with Crippen LogP contribution in [0.15, 0.2) is 45.1 Å². The summed E-state index contributed by atoms with van der Waals surface area (Å²) in [7, 11) is 0. The van der Waals surface area contributed by atoms with E-state index in [1.54, 1.807) is 6.20 Å². The van der Waals surface area contributed by atoms with Gasteiger partial charge in [-0.15, -0.1) is 0 Å². The van der Waals surface area contributed by atoms with Crippen molar-refractivity contribution < 1.29 is 4.74 Å². The Morgan fingerprint density at radius 3 is 3.00 bits per heavy atom. The Labute approximate surface area is 134 Å². The molecule has 0 aliphatic carbocycles. The Balaban J connectivity index is 1.90. The van der Waals surface area contributed by atoms with Gasteiger partial charge in [0.15, 0.2) is 5.16 Å². The molecule has 7 heteroatoms. The lowest BCUT2D eigenvalue weighted by molar-refractivity contribution is 0.340. The number of aromatic amines is 1. The monoisotopic (exact) mass is 364 g/mol. The van der Waals surface area contributed by atoms with Crippen molar-refractivity contribution in [2.45, 2.75) is 17.1 Å². The zero-order valence-electron chi connectivity index (χ0n) is 11.3. The lowest BCUT2D eigenvalue weighted by Gasteiger charge is -2.01. The predicted octanol–water partition coefficient (Wildman–Crippen LogP) is 3.85. The van der Waals surface area contributed by atoms with E-state index in [4.69, 9.17) is 10.5 Å². The average molecular weight is 365 g/mol. The molecule has 0 saturated carbocycles. The number of H-pyrrole nitrogens is 1. The molecule has 0 aliphatic rings. The standard InChI is InChI=1S/C14H13BrN4OS/c1-2-20-9-3-4-11-12(6-9)19-14(18-11)21-13-10(16)5-8(15)7-17-13/h3-7H,2,16H2,1H3,(H,18,19). The Morgan fingerprint density at radius 2 is 2.24 bits per heavy atom. The zero-order chi connectivity index (χ0) is 14.8. The lowest BCUT2D eigenvalue weighted by atomic mass is 10.3. The highest BCUT2D eigenvalue weighted by atomic mass is 79.9. The summed E-state index contributed by atoms with van der Waals surface area (Å²) >= 11 is 4.75. The SMILES string of the molecule is CCOc1ccc2nc(Sc3ncc(Br)cc3N)[nH]c2c1. The number of nitrogens with two attached hydrogens (primary N) is 1. The van der Waals surface area contributed by atoms with E-state index in [0.29, 0.717) is 12.3 Å². The molecular weight excluding hydrogens is 352 g/mol. The molecule has 3 aromatic rings. The van der Waals surface area contributed by atoms with Gasteiger partial charge in [-0.05, 0) is 52.8 Å². The minimum absolute atomic E-state index is 0.616. The third-order valence-corrected chi connectivity index (χ3v) is 4.14. The van der Waals surface area contributed by atoms with Crippen molar-refractivity contribution in [1.29, 1.82) is 0 Å². The van der Waals surface area contributed by atoms with Crippen LogP contribution >= 0.6 is 27.7 Å². The van der Waals surface area contributed by atoms with E-state index in [0.717, 1.165) is 31.4 Å². The van der Waals surface area contributed by atoms with Gasteiger partial charge < -0.3 is 15.5 Å². The molecular formula is C14H13BrN4OS. The fourth-order valence-electron chi connectivity index (χ4n) is 1.89. The molecule has 0 saturated heterocycles. The number of pyridine rings is 1. The lowest BCUT2D eigenvalue weighted by Crippen LogP contribution is -1.91. The van der Waals surface area contributed by atoms with Gasteiger partial charge in [0.2, 0.25) is 0 Å². The molecule has 0 atom stereocenters. The molecule has 0 radical (unpaired) electrons. The van der Waals surface area contributed by atoms with E-state index in [-0.39, 0.29) is 0 Å². The van der Waals surface area contributed by atoms with E-state index < -0.39 is 0 Å². The van der Waals surface area contributed by atoms with Crippen molar-refractivity contribution in [1.82, 2.24) is 15.0 Å². The second kappa shape index (κ2) is 5.95. The molecule has 1 aromatic carbocycles. The molecule has 21 heavy (non-hydrogen) atoms. The number of hydrogen-bond acceptors (Lipinski definition) is 5. The van der Waals surface area contributed by atoms with Gasteiger partial charge in [-0.25, -0.2) is 9.97 Å². The summed E-state index contributed by atoms with van der Waals surface area (Å²) in [5.74, 6) is 0.825. The molecule has 0 unspecified atom stereocenters. The van der Waals surface area contributed by atoms with Crippen molar-refractivity contribution in [2.75, 3.05) is 12.3 Å². The topological polar surface area (TPSA) is 76.8 Å². The third-order valence-electron chi connectivity index (χ3n) is 2.78. The van der Waals surface area contributed by atoms with Crippen LogP contribution in [0.5, 0.6) is 5.75 Å². The number of hydrogen-bond donors (Lipinski definition) is 2. The third kappa shape index (κ3) is 3.14. The van der Waals surface area contributed by atoms with Crippen LogP contribution in [-0.4, -0.2) is 21.6 Å². The van der Waals surface area contributed by atoms with Crippen molar-refractivity contribution in [3.8, 4) is 5.75 Å². The fourth-order valence-corrected chi connectivity index (χ4v) is 3.01. The van der Waals surface area contributed by atoms with E-state index in [1.165, 1.54) is 11.8 Å². The number of anilines is 1. The first-order chi connectivity index (χ1) is 10.2. The van der Waals surface area contributed by atoms with Crippen LogP contribution in [0, 0.1) is 0 Å². The van der Waals surface area contributed by atoms with Gasteiger partial charge in [0.05, 0.1) is 23.3 Å². The maximum atomic E-state index is 5.95. The summed E-state index contributed by atoms with van der Waals surface area (Å²) in [4.78, 5) is 12.1. The highest BCUT2D eigenvalue weighted by Gasteiger charge is 2.09. The first-order valence-electron chi connectivity index (χ1n) is 6.37. The number of halogens is 1. The molecule has 108 valence electrons. The quantitative estimate of drug-likeness (QED) is 0.734. The summed E-state index contributed by atoms with van der Waals surface area (Å²) in [5, 5.41) is 1.47. The number of nitrogens with zero attached hydrogens (tertiary/aromatic N) is 2. The normalized spacial score (nSPS) is 11.0. The van der Waals surface area contributed by atoms with Crippen molar-refractivity contribution in [3.05, 3.63) is 34.9 Å². The summed E-state index contributed by atoms with van der Waals surface area (Å²) in [5.41, 5.74) is 8.38. The maximum absolute atomic E-state index is 5.95. The molecule has 0 fully saturated rings.